The average molecular weight is 387 g/mol. The highest BCUT2D eigenvalue weighted by Crippen LogP contribution is 2.20. The van der Waals surface area contributed by atoms with Crippen LogP contribution in [0.2, 0.25) is 0 Å². The standard InChI is InChI=1S/C21H26N2O3S/c1-17-11-13-18(14-12-17)15-23(16-21(24)22-19-7-5-6-8-19)27(25,26)20-9-3-2-4-10-20/h2-4,9-14,19H,5-8,15-16H2,1H3,(H,22,24). The fourth-order valence-electron chi connectivity index (χ4n) is 3.37. The number of hydrogen-bond acceptors (Lipinski definition) is 3. The highest BCUT2D eigenvalue weighted by molar-refractivity contribution is 7.89. The first-order chi connectivity index (χ1) is 12.9. The molecule has 1 fully saturated rings. The van der Waals surface area contributed by atoms with Crippen LogP contribution in [0.3, 0.4) is 0 Å². The Kier molecular flexibility index (Phi) is 6.29. The second-order valence-electron chi connectivity index (χ2n) is 7.12. The molecule has 1 amide bonds. The summed E-state index contributed by atoms with van der Waals surface area (Å²) in [6, 6.07) is 16.1. The molecule has 3 rings (SSSR count). The Morgan fingerprint density at radius 3 is 2.30 bits per heavy atom. The number of carbonyl (C=O) groups excluding carboxylic acids is 1. The maximum atomic E-state index is 13.1. The van der Waals surface area contributed by atoms with Gasteiger partial charge in [0, 0.05) is 12.6 Å². The first kappa shape index (κ1) is 19.6. The number of nitrogens with one attached hydrogen (secondary N) is 1. The van der Waals surface area contributed by atoms with E-state index in [1.165, 1.54) is 4.31 Å². The maximum Gasteiger partial charge on any atom is 0.243 e. The lowest BCUT2D eigenvalue weighted by Gasteiger charge is -2.23. The van der Waals surface area contributed by atoms with Crippen molar-refractivity contribution in [3.05, 3.63) is 65.7 Å². The van der Waals surface area contributed by atoms with E-state index in [0.29, 0.717) is 0 Å². The van der Waals surface area contributed by atoms with Crippen molar-refractivity contribution in [3.8, 4) is 0 Å². The van der Waals surface area contributed by atoms with Crippen LogP contribution in [0.15, 0.2) is 59.5 Å². The highest BCUT2D eigenvalue weighted by atomic mass is 32.2. The lowest BCUT2D eigenvalue weighted by Crippen LogP contribution is -2.43. The summed E-state index contributed by atoms with van der Waals surface area (Å²) >= 11 is 0. The lowest BCUT2D eigenvalue weighted by atomic mass is 10.1. The third-order valence-corrected chi connectivity index (χ3v) is 6.71. The van der Waals surface area contributed by atoms with Crippen molar-refractivity contribution in [1.29, 1.82) is 0 Å². The van der Waals surface area contributed by atoms with E-state index in [4.69, 9.17) is 0 Å². The Balaban J connectivity index is 1.81. The summed E-state index contributed by atoms with van der Waals surface area (Å²) in [5, 5.41) is 2.98. The zero-order valence-corrected chi connectivity index (χ0v) is 16.4. The summed E-state index contributed by atoms with van der Waals surface area (Å²) < 4.78 is 27.5. The highest BCUT2D eigenvalue weighted by Gasteiger charge is 2.28. The first-order valence-corrected chi connectivity index (χ1v) is 10.8. The molecule has 1 aliphatic rings. The summed E-state index contributed by atoms with van der Waals surface area (Å²) in [6.45, 7) is 1.97. The quantitative estimate of drug-likeness (QED) is 0.794. The normalized spacial score (nSPS) is 15.2. The molecule has 0 atom stereocenters. The molecule has 0 unspecified atom stereocenters. The zero-order valence-electron chi connectivity index (χ0n) is 15.6. The summed E-state index contributed by atoms with van der Waals surface area (Å²) in [5.41, 5.74) is 1.96. The number of carbonyl (C=O) groups is 1. The van der Waals surface area contributed by atoms with Gasteiger partial charge in [0.1, 0.15) is 0 Å². The van der Waals surface area contributed by atoms with Gasteiger partial charge in [-0.05, 0) is 37.5 Å². The molecule has 0 radical (unpaired) electrons. The van der Waals surface area contributed by atoms with E-state index in [-0.39, 0.29) is 29.9 Å². The van der Waals surface area contributed by atoms with Gasteiger partial charge in [0.25, 0.3) is 0 Å². The summed E-state index contributed by atoms with van der Waals surface area (Å²) in [5.74, 6) is -0.242. The molecule has 1 N–H and O–H groups in total. The second kappa shape index (κ2) is 8.67. The number of nitrogens with zero attached hydrogens (tertiary/aromatic N) is 1. The monoisotopic (exact) mass is 386 g/mol. The van der Waals surface area contributed by atoms with E-state index in [1.54, 1.807) is 30.3 Å². The number of aryl methyl sites for hydroxylation is 1. The molecule has 0 aromatic heterocycles. The van der Waals surface area contributed by atoms with Crippen molar-refractivity contribution < 1.29 is 13.2 Å². The van der Waals surface area contributed by atoms with E-state index in [1.807, 2.05) is 31.2 Å². The second-order valence-corrected chi connectivity index (χ2v) is 9.06. The Hall–Kier alpha value is -2.18. The summed E-state index contributed by atoms with van der Waals surface area (Å²) in [4.78, 5) is 12.7. The van der Waals surface area contributed by atoms with Crippen LogP contribution >= 0.6 is 0 Å². The van der Waals surface area contributed by atoms with Gasteiger partial charge in [-0.15, -0.1) is 0 Å². The molecule has 0 aliphatic heterocycles. The van der Waals surface area contributed by atoms with Crippen molar-refractivity contribution in [3.63, 3.8) is 0 Å². The van der Waals surface area contributed by atoms with Gasteiger partial charge in [0.15, 0.2) is 0 Å². The fraction of sp³-hybridized carbons (Fsp3) is 0.381. The average Bonchev–Trinajstić information content (AvgIpc) is 3.16. The Bertz CT molecular complexity index is 858. The molecule has 6 heteroatoms. The molecule has 0 spiro atoms. The molecule has 1 saturated carbocycles. The van der Waals surface area contributed by atoms with Crippen molar-refractivity contribution in [2.75, 3.05) is 6.54 Å². The zero-order chi connectivity index (χ0) is 19.3. The minimum absolute atomic E-state index is 0.162. The van der Waals surface area contributed by atoms with Gasteiger partial charge in [-0.25, -0.2) is 8.42 Å². The number of amides is 1. The molecule has 0 bridgehead atoms. The van der Waals surface area contributed by atoms with Crippen LogP contribution in [0.1, 0.15) is 36.8 Å². The minimum atomic E-state index is -3.77. The van der Waals surface area contributed by atoms with Crippen LogP contribution in [-0.4, -0.2) is 31.2 Å². The molecule has 2 aromatic carbocycles. The molecule has 144 valence electrons. The molecule has 2 aromatic rings. The van der Waals surface area contributed by atoms with Gasteiger partial charge in [0.2, 0.25) is 15.9 Å². The van der Waals surface area contributed by atoms with Crippen LogP contribution in [-0.2, 0) is 21.4 Å². The van der Waals surface area contributed by atoms with E-state index in [0.717, 1.165) is 36.8 Å². The number of hydrogen-bond donors (Lipinski definition) is 1. The van der Waals surface area contributed by atoms with Gasteiger partial charge in [-0.1, -0.05) is 60.9 Å². The van der Waals surface area contributed by atoms with Crippen molar-refractivity contribution in [1.82, 2.24) is 9.62 Å². The van der Waals surface area contributed by atoms with Crippen LogP contribution in [0.4, 0.5) is 0 Å². The summed E-state index contributed by atoms with van der Waals surface area (Å²) in [6.07, 6.45) is 4.16. The van der Waals surface area contributed by atoms with E-state index < -0.39 is 10.0 Å². The van der Waals surface area contributed by atoms with Crippen molar-refractivity contribution in [2.24, 2.45) is 0 Å². The van der Waals surface area contributed by atoms with Crippen LogP contribution in [0.25, 0.3) is 0 Å². The Morgan fingerprint density at radius 2 is 1.67 bits per heavy atom. The predicted molar refractivity (Wildman–Crippen MR) is 106 cm³/mol. The van der Waals surface area contributed by atoms with E-state index in [2.05, 4.69) is 5.32 Å². The molecular formula is C21H26N2O3S. The van der Waals surface area contributed by atoms with Gasteiger partial charge in [0.05, 0.1) is 11.4 Å². The van der Waals surface area contributed by atoms with Crippen molar-refractivity contribution >= 4 is 15.9 Å². The molecule has 5 nitrogen and oxygen atoms in total. The Labute approximate surface area is 161 Å². The van der Waals surface area contributed by atoms with Crippen LogP contribution in [0, 0.1) is 6.92 Å². The topological polar surface area (TPSA) is 66.5 Å². The fourth-order valence-corrected chi connectivity index (χ4v) is 4.77. The number of sulfonamides is 1. The number of benzene rings is 2. The number of rotatable bonds is 7. The molecular weight excluding hydrogens is 360 g/mol. The smallest absolute Gasteiger partial charge is 0.243 e. The SMILES string of the molecule is Cc1ccc(CN(CC(=O)NC2CCCC2)S(=O)(=O)c2ccccc2)cc1. The Morgan fingerprint density at radius 1 is 1.04 bits per heavy atom. The van der Waals surface area contributed by atoms with E-state index in [9.17, 15) is 13.2 Å². The first-order valence-electron chi connectivity index (χ1n) is 9.35. The largest absolute Gasteiger partial charge is 0.352 e. The third-order valence-electron chi connectivity index (χ3n) is 4.90. The predicted octanol–water partition coefficient (Wildman–Crippen LogP) is 3.24. The third kappa shape index (κ3) is 5.17. The molecule has 0 saturated heterocycles. The van der Waals surface area contributed by atoms with Gasteiger partial charge in [-0.3, -0.25) is 4.79 Å². The van der Waals surface area contributed by atoms with Crippen LogP contribution in [0.5, 0.6) is 0 Å². The molecule has 27 heavy (non-hydrogen) atoms. The maximum absolute atomic E-state index is 13.1. The summed E-state index contributed by atoms with van der Waals surface area (Å²) in [7, 11) is -3.77. The molecule has 0 heterocycles. The van der Waals surface area contributed by atoms with Gasteiger partial charge < -0.3 is 5.32 Å². The van der Waals surface area contributed by atoms with Crippen molar-refractivity contribution in [2.45, 2.75) is 50.1 Å². The van der Waals surface area contributed by atoms with E-state index >= 15 is 0 Å². The molecule has 1 aliphatic carbocycles. The van der Waals surface area contributed by atoms with Crippen LogP contribution < -0.4 is 5.32 Å². The lowest BCUT2D eigenvalue weighted by molar-refractivity contribution is -0.122. The van der Waals surface area contributed by atoms with Gasteiger partial charge >= 0.3 is 0 Å². The van der Waals surface area contributed by atoms with Gasteiger partial charge in [-0.2, -0.15) is 4.31 Å². The minimum Gasteiger partial charge on any atom is -0.352 e.